The molecular formula is C22H26N2O4. The van der Waals surface area contributed by atoms with Crippen LogP contribution in [-0.2, 0) is 9.53 Å². The van der Waals surface area contributed by atoms with Crippen LogP contribution in [0.15, 0.2) is 48.5 Å². The number of carbonyl (C=O) groups is 2. The van der Waals surface area contributed by atoms with E-state index in [2.05, 4.69) is 5.32 Å². The first-order valence-electron chi connectivity index (χ1n) is 9.59. The highest BCUT2D eigenvalue weighted by atomic mass is 16.5. The van der Waals surface area contributed by atoms with Crippen molar-refractivity contribution >= 4 is 17.5 Å². The van der Waals surface area contributed by atoms with E-state index in [-0.39, 0.29) is 11.8 Å². The van der Waals surface area contributed by atoms with Crippen molar-refractivity contribution in [3.05, 3.63) is 59.7 Å². The number of para-hydroxylation sites is 2. The van der Waals surface area contributed by atoms with Crippen LogP contribution in [0.5, 0.6) is 5.75 Å². The molecule has 0 saturated carbocycles. The van der Waals surface area contributed by atoms with Crippen LogP contribution in [0.1, 0.15) is 29.3 Å². The van der Waals surface area contributed by atoms with Gasteiger partial charge in [0.15, 0.2) is 6.10 Å². The molecule has 1 atom stereocenters. The molecule has 1 N–H and O–H groups in total. The lowest BCUT2D eigenvalue weighted by atomic mass is 10.1. The van der Waals surface area contributed by atoms with Gasteiger partial charge in [0.2, 0.25) is 0 Å². The van der Waals surface area contributed by atoms with E-state index in [0.29, 0.717) is 49.7 Å². The van der Waals surface area contributed by atoms with Gasteiger partial charge in [-0.15, -0.1) is 0 Å². The van der Waals surface area contributed by atoms with Crippen molar-refractivity contribution < 1.29 is 19.1 Å². The highest BCUT2D eigenvalue weighted by molar-refractivity contribution is 6.04. The molecule has 1 fully saturated rings. The molecule has 28 heavy (non-hydrogen) atoms. The van der Waals surface area contributed by atoms with E-state index in [9.17, 15) is 9.59 Å². The second kappa shape index (κ2) is 9.37. The first kappa shape index (κ1) is 19.9. The molecule has 1 aliphatic rings. The van der Waals surface area contributed by atoms with Crippen molar-refractivity contribution in [3.8, 4) is 5.75 Å². The number of aryl methyl sites for hydroxylation is 1. The van der Waals surface area contributed by atoms with E-state index in [1.165, 1.54) is 0 Å². The van der Waals surface area contributed by atoms with Crippen LogP contribution in [-0.4, -0.2) is 49.1 Å². The molecule has 0 aromatic heterocycles. The third kappa shape index (κ3) is 4.70. The molecule has 0 aliphatic carbocycles. The van der Waals surface area contributed by atoms with E-state index >= 15 is 0 Å². The summed E-state index contributed by atoms with van der Waals surface area (Å²) in [6, 6.07) is 14.7. The Balaban J connectivity index is 1.74. The standard InChI is InChI=1S/C22H26N2O4/c1-3-19(28-20-11-7-4-8-16(20)2)21(25)23-18-10-6-5-9-17(18)22(26)24-12-14-27-15-13-24/h4-11,19H,3,12-15H2,1-2H3,(H,23,25). The molecule has 1 heterocycles. The van der Waals surface area contributed by atoms with Crippen LogP contribution < -0.4 is 10.1 Å². The smallest absolute Gasteiger partial charge is 0.265 e. The Morgan fingerprint density at radius 2 is 1.79 bits per heavy atom. The fourth-order valence-corrected chi connectivity index (χ4v) is 3.09. The summed E-state index contributed by atoms with van der Waals surface area (Å²) < 4.78 is 11.2. The number of carbonyl (C=O) groups excluding carboxylic acids is 2. The number of hydrogen-bond acceptors (Lipinski definition) is 4. The number of rotatable bonds is 6. The number of nitrogens with zero attached hydrogens (tertiary/aromatic N) is 1. The van der Waals surface area contributed by atoms with Gasteiger partial charge in [-0.3, -0.25) is 9.59 Å². The second-order valence-corrected chi connectivity index (χ2v) is 6.72. The minimum atomic E-state index is -0.646. The zero-order chi connectivity index (χ0) is 19.9. The van der Waals surface area contributed by atoms with Crippen molar-refractivity contribution in [2.75, 3.05) is 31.6 Å². The number of hydrogen-bond donors (Lipinski definition) is 1. The average molecular weight is 382 g/mol. The predicted octanol–water partition coefficient (Wildman–Crippen LogP) is 3.26. The Hall–Kier alpha value is -2.86. The Labute approximate surface area is 165 Å². The third-order valence-corrected chi connectivity index (χ3v) is 4.74. The second-order valence-electron chi connectivity index (χ2n) is 6.72. The van der Waals surface area contributed by atoms with Crippen LogP contribution in [0.3, 0.4) is 0 Å². The molecule has 0 bridgehead atoms. The maximum Gasteiger partial charge on any atom is 0.265 e. The Kier molecular flexibility index (Phi) is 6.66. The van der Waals surface area contributed by atoms with E-state index < -0.39 is 6.10 Å². The number of benzene rings is 2. The Morgan fingerprint density at radius 1 is 1.11 bits per heavy atom. The minimum absolute atomic E-state index is 0.105. The van der Waals surface area contributed by atoms with E-state index in [4.69, 9.17) is 9.47 Å². The van der Waals surface area contributed by atoms with Gasteiger partial charge in [-0.05, 0) is 37.1 Å². The maximum absolute atomic E-state index is 12.9. The normalized spacial score (nSPS) is 15.0. The summed E-state index contributed by atoms with van der Waals surface area (Å²) in [7, 11) is 0. The molecule has 6 nitrogen and oxygen atoms in total. The lowest BCUT2D eigenvalue weighted by Gasteiger charge is -2.27. The van der Waals surface area contributed by atoms with E-state index in [1.807, 2.05) is 38.1 Å². The van der Waals surface area contributed by atoms with Gasteiger partial charge in [-0.1, -0.05) is 37.3 Å². The van der Waals surface area contributed by atoms with Crippen LogP contribution in [0.4, 0.5) is 5.69 Å². The summed E-state index contributed by atoms with van der Waals surface area (Å²) in [6.07, 6.45) is -0.132. The fourth-order valence-electron chi connectivity index (χ4n) is 3.09. The molecule has 0 radical (unpaired) electrons. The minimum Gasteiger partial charge on any atom is -0.480 e. The summed E-state index contributed by atoms with van der Waals surface area (Å²) in [5, 5.41) is 2.88. The van der Waals surface area contributed by atoms with Gasteiger partial charge in [0.05, 0.1) is 24.5 Å². The van der Waals surface area contributed by atoms with Crippen LogP contribution in [0.25, 0.3) is 0 Å². The molecule has 1 saturated heterocycles. The van der Waals surface area contributed by atoms with Gasteiger partial charge < -0.3 is 19.7 Å². The molecular weight excluding hydrogens is 356 g/mol. The third-order valence-electron chi connectivity index (χ3n) is 4.74. The van der Waals surface area contributed by atoms with Gasteiger partial charge in [0, 0.05) is 13.1 Å². The quantitative estimate of drug-likeness (QED) is 0.833. The van der Waals surface area contributed by atoms with Gasteiger partial charge in [-0.2, -0.15) is 0 Å². The van der Waals surface area contributed by atoms with Gasteiger partial charge in [-0.25, -0.2) is 0 Å². The van der Waals surface area contributed by atoms with Gasteiger partial charge in [0.25, 0.3) is 11.8 Å². The lowest BCUT2D eigenvalue weighted by Crippen LogP contribution is -2.41. The number of amides is 2. The molecule has 6 heteroatoms. The lowest BCUT2D eigenvalue weighted by molar-refractivity contribution is -0.122. The van der Waals surface area contributed by atoms with Crippen molar-refractivity contribution in [1.29, 1.82) is 0 Å². The molecule has 2 amide bonds. The van der Waals surface area contributed by atoms with Crippen LogP contribution in [0, 0.1) is 6.92 Å². The summed E-state index contributed by atoms with van der Waals surface area (Å²) in [5.74, 6) is 0.308. The van der Waals surface area contributed by atoms with Gasteiger partial charge in [0.1, 0.15) is 5.75 Å². The molecule has 148 valence electrons. The Bertz CT molecular complexity index is 831. The fraction of sp³-hybridized carbons (Fsp3) is 0.364. The topological polar surface area (TPSA) is 67.9 Å². The highest BCUT2D eigenvalue weighted by Gasteiger charge is 2.24. The SMILES string of the molecule is CCC(Oc1ccccc1C)C(=O)Nc1ccccc1C(=O)N1CCOCC1. The number of morpholine rings is 1. The monoisotopic (exact) mass is 382 g/mol. The number of anilines is 1. The number of nitrogens with one attached hydrogen (secondary N) is 1. The Morgan fingerprint density at radius 3 is 2.50 bits per heavy atom. The zero-order valence-corrected chi connectivity index (χ0v) is 16.3. The molecule has 3 rings (SSSR count). The van der Waals surface area contributed by atoms with Crippen molar-refractivity contribution in [1.82, 2.24) is 4.90 Å². The molecule has 2 aromatic carbocycles. The van der Waals surface area contributed by atoms with Crippen molar-refractivity contribution in [3.63, 3.8) is 0 Å². The summed E-state index contributed by atoms with van der Waals surface area (Å²) in [6.45, 7) is 6.00. The highest BCUT2D eigenvalue weighted by Crippen LogP contribution is 2.22. The maximum atomic E-state index is 12.9. The van der Waals surface area contributed by atoms with Crippen molar-refractivity contribution in [2.24, 2.45) is 0 Å². The zero-order valence-electron chi connectivity index (χ0n) is 16.3. The van der Waals surface area contributed by atoms with Gasteiger partial charge >= 0.3 is 0 Å². The van der Waals surface area contributed by atoms with E-state index in [0.717, 1.165) is 5.56 Å². The molecule has 1 unspecified atom stereocenters. The van der Waals surface area contributed by atoms with Crippen LogP contribution in [0.2, 0.25) is 0 Å². The molecule has 0 spiro atoms. The number of ether oxygens (including phenoxy) is 2. The first-order valence-corrected chi connectivity index (χ1v) is 9.59. The summed E-state index contributed by atoms with van der Waals surface area (Å²) in [5.41, 5.74) is 1.94. The van der Waals surface area contributed by atoms with E-state index in [1.54, 1.807) is 29.2 Å². The summed E-state index contributed by atoms with van der Waals surface area (Å²) in [4.78, 5) is 27.4. The van der Waals surface area contributed by atoms with Crippen molar-refractivity contribution in [2.45, 2.75) is 26.4 Å². The molecule has 1 aliphatic heterocycles. The molecule has 2 aromatic rings. The summed E-state index contributed by atoms with van der Waals surface area (Å²) >= 11 is 0. The average Bonchev–Trinajstić information content (AvgIpc) is 2.73. The predicted molar refractivity (Wildman–Crippen MR) is 108 cm³/mol. The van der Waals surface area contributed by atoms with Crippen LogP contribution >= 0.6 is 0 Å². The largest absolute Gasteiger partial charge is 0.480 e. The first-order chi connectivity index (χ1) is 13.6.